The second-order valence-electron chi connectivity index (χ2n) is 6.82. The number of carbonyl (C=O) groups excluding carboxylic acids is 2. The Labute approximate surface area is 187 Å². The number of nitrogens with zero attached hydrogens (tertiary/aromatic N) is 3. The van der Waals surface area contributed by atoms with E-state index >= 15 is 0 Å². The highest BCUT2D eigenvalue weighted by atomic mass is 35.5. The van der Waals surface area contributed by atoms with Gasteiger partial charge >= 0.3 is 0 Å². The molecule has 11 heteroatoms. The standard InChI is InChI=1S/C19H21ClN6O2S2/c1-11(25(2)3)17-23-24-19(26(17)13-6-4-12(20)5-7-13)30-10-15(27)22-18-14(16(21)28)8-9-29-18/h4-9,11H,10H2,1-3H3,(H2,21,28)(H,22,27)/p+1/t11-/m1/s1. The van der Waals surface area contributed by atoms with Crippen molar-refractivity contribution in [3.8, 4) is 5.69 Å². The lowest BCUT2D eigenvalue weighted by Crippen LogP contribution is -3.05. The van der Waals surface area contributed by atoms with E-state index in [1.165, 1.54) is 28.0 Å². The summed E-state index contributed by atoms with van der Waals surface area (Å²) in [6.45, 7) is 2.06. The van der Waals surface area contributed by atoms with Crippen molar-refractivity contribution in [2.45, 2.75) is 18.1 Å². The fraction of sp³-hybridized carbons (Fsp3) is 0.263. The molecule has 0 saturated heterocycles. The van der Waals surface area contributed by atoms with Crippen LogP contribution in [0.4, 0.5) is 5.00 Å². The Morgan fingerprint density at radius 3 is 2.60 bits per heavy atom. The Balaban J connectivity index is 1.81. The zero-order valence-corrected chi connectivity index (χ0v) is 19.1. The molecule has 2 heterocycles. The lowest BCUT2D eigenvalue weighted by Gasteiger charge is -2.18. The maximum Gasteiger partial charge on any atom is 0.251 e. The quantitative estimate of drug-likeness (QED) is 0.441. The second-order valence-corrected chi connectivity index (χ2v) is 9.11. The summed E-state index contributed by atoms with van der Waals surface area (Å²) in [7, 11) is 4.09. The number of rotatable bonds is 8. The SMILES string of the molecule is C[C@H](c1nnc(SCC(=O)Nc2sccc2C(N)=O)n1-c1ccc(Cl)cc1)[NH+](C)C. The molecule has 4 N–H and O–H groups in total. The number of halogens is 1. The van der Waals surface area contributed by atoms with Gasteiger partial charge in [-0.2, -0.15) is 0 Å². The van der Waals surface area contributed by atoms with Crippen LogP contribution in [0.1, 0.15) is 29.1 Å². The number of amides is 2. The minimum atomic E-state index is -0.577. The first-order chi connectivity index (χ1) is 14.3. The number of anilines is 1. The highest BCUT2D eigenvalue weighted by Crippen LogP contribution is 2.27. The monoisotopic (exact) mass is 465 g/mol. The number of aromatic nitrogens is 3. The van der Waals surface area contributed by atoms with E-state index in [0.29, 0.717) is 20.7 Å². The molecule has 0 aliphatic carbocycles. The average Bonchev–Trinajstić information content (AvgIpc) is 3.33. The van der Waals surface area contributed by atoms with E-state index in [1.54, 1.807) is 23.6 Å². The molecular weight excluding hydrogens is 444 g/mol. The molecule has 3 aromatic rings. The van der Waals surface area contributed by atoms with Gasteiger partial charge in [0.1, 0.15) is 11.0 Å². The van der Waals surface area contributed by atoms with Crippen LogP contribution in [0.15, 0.2) is 40.9 Å². The zero-order valence-electron chi connectivity index (χ0n) is 16.7. The van der Waals surface area contributed by atoms with Gasteiger partial charge in [-0.05, 0) is 42.6 Å². The maximum atomic E-state index is 12.4. The largest absolute Gasteiger partial charge is 0.366 e. The Morgan fingerprint density at radius 2 is 1.97 bits per heavy atom. The highest BCUT2D eigenvalue weighted by Gasteiger charge is 2.24. The third-order valence-corrected chi connectivity index (χ3v) is 6.52. The Kier molecular flexibility index (Phi) is 7.14. The minimum absolute atomic E-state index is 0.0839. The predicted molar refractivity (Wildman–Crippen MR) is 120 cm³/mol. The normalized spacial score (nSPS) is 12.2. The first-order valence-corrected chi connectivity index (χ1v) is 11.3. The van der Waals surface area contributed by atoms with Gasteiger partial charge < -0.3 is 16.0 Å². The molecule has 0 saturated carbocycles. The lowest BCUT2D eigenvalue weighted by atomic mass is 10.2. The fourth-order valence-corrected chi connectivity index (χ4v) is 4.33. The van der Waals surface area contributed by atoms with Crippen molar-refractivity contribution in [1.29, 1.82) is 0 Å². The van der Waals surface area contributed by atoms with Crippen LogP contribution in [0, 0.1) is 0 Å². The third-order valence-electron chi connectivity index (χ3n) is 4.51. The summed E-state index contributed by atoms with van der Waals surface area (Å²) in [5.41, 5.74) is 6.49. The topological polar surface area (TPSA) is 107 Å². The number of quaternary nitrogens is 1. The minimum Gasteiger partial charge on any atom is -0.366 e. The van der Waals surface area contributed by atoms with Crippen LogP contribution in [0.3, 0.4) is 0 Å². The van der Waals surface area contributed by atoms with Gasteiger partial charge in [0.2, 0.25) is 5.91 Å². The summed E-state index contributed by atoms with van der Waals surface area (Å²) >= 11 is 8.55. The van der Waals surface area contributed by atoms with Gasteiger partial charge in [0.05, 0.1) is 25.4 Å². The molecule has 8 nitrogen and oxygen atoms in total. The molecule has 0 radical (unpaired) electrons. The van der Waals surface area contributed by atoms with Crippen molar-refractivity contribution in [3.63, 3.8) is 0 Å². The molecule has 2 aromatic heterocycles. The average molecular weight is 466 g/mol. The van der Waals surface area contributed by atoms with E-state index in [1.807, 2.05) is 30.8 Å². The summed E-state index contributed by atoms with van der Waals surface area (Å²) in [4.78, 5) is 25.1. The molecule has 0 aliphatic rings. The van der Waals surface area contributed by atoms with E-state index in [9.17, 15) is 9.59 Å². The smallest absolute Gasteiger partial charge is 0.251 e. The number of thiophene rings is 1. The Bertz CT molecular complexity index is 1050. The maximum absolute atomic E-state index is 12.4. The number of benzene rings is 1. The van der Waals surface area contributed by atoms with E-state index in [0.717, 1.165) is 11.5 Å². The summed E-state index contributed by atoms with van der Waals surface area (Å²) in [5.74, 6) is 0.0508. The Morgan fingerprint density at radius 1 is 1.27 bits per heavy atom. The van der Waals surface area contributed by atoms with Crippen LogP contribution in [-0.4, -0.2) is 46.4 Å². The van der Waals surface area contributed by atoms with Crippen molar-refractivity contribution in [1.82, 2.24) is 14.8 Å². The van der Waals surface area contributed by atoms with E-state index in [2.05, 4.69) is 22.4 Å². The molecule has 1 aromatic carbocycles. The van der Waals surface area contributed by atoms with Crippen LogP contribution < -0.4 is 16.0 Å². The van der Waals surface area contributed by atoms with Gasteiger partial charge in [0.15, 0.2) is 11.0 Å². The molecule has 0 bridgehead atoms. The number of hydrogen-bond donors (Lipinski definition) is 3. The van der Waals surface area contributed by atoms with Gasteiger partial charge in [-0.25, -0.2) is 0 Å². The number of hydrogen-bond acceptors (Lipinski definition) is 6. The molecule has 0 aliphatic heterocycles. The third kappa shape index (κ3) is 5.01. The molecule has 30 heavy (non-hydrogen) atoms. The number of carbonyl (C=O) groups is 2. The molecule has 1 atom stereocenters. The first kappa shape index (κ1) is 22.3. The highest BCUT2D eigenvalue weighted by molar-refractivity contribution is 7.99. The van der Waals surface area contributed by atoms with E-state index < -0.39 is 5.91 Å². The molecule has 2 amide bonds. The summed E-state index contributed by atoms with van der Waals surface area (Å²) < 4.78 is 1.94. The van der Waals surface area contributed by atoms with Crippen molar-refractivity contribution in [2.75, 3.05) is 25.2 Å². The molecule has 3 rings (SSSR count). The molecule has 158 valence electrons. The first-order valence-electron chi connectivity index (χ1n) is 9.09. The number of nitrogens with two attached hydrogens (primary N) is 1. The summed E-state index contributed by atoms with van der Waals surface area (Å²) in [5, 5.41) is 14.8. The van der Waals surface area contributed by atoms with Crippen LogP contribution in [0.2, 0.25) is 5.02 Å². The Hall–Kier alpha value is -2.40. The zero-order chi connectivity index (χ0) is 21.8. The lowest BCUT2D eigenvalue weighted by molar-refractivity contribution is -0.890. The summed E-state index contributed by atoms with van der Waals surface area (Å²) in [6.07, 6.45) is 0. The van der Waals surface area contributed by atoms with Crippen molar-refractivity contribution >= 4 is 51.5 Å². The number of thioether (sulfide) groups is 1. The molecule has 0 spiro atoms. The molecule has 0 unspecified atom stereocenters. The van der Waals surface area contributed by atoms with E-state index in [4.69, 9.17) is 17.3 Å². The molecule has 0 fully saturated rings. The van der Waals surface area contributed by atoms with E-state index in [-0.39, 0.29) is 17.7 Å². The fourth-order valence-electron chi connectivity index (χ4n) is 2.64. The predicted octanol–water partition coefficient (Wildman–Crippen LogP) is 2.02. The summed E-state index contributed by atoms with van der Waals surface area (Å²) in [6, 6.07) is 9.06. The van der Waals surface area contributed by atoms with Crippen LogP contribution in [0.25, 0.3) is 5.69 Å². The van der Waals surface area contributed by atoms with Gasteiger partial charge in [-0.3, -0.25) is 14.2 Å². The van der Waals surface area contributed by atoms with Gasteiger partial charge in [0.25, 0.3) is 5.91 Å². The van der Waals surface area contributed by atoms with Crippen LogP contribution in [0.5, 0.6) is 0 Å². The van der Waals surface area contributed by atoms with Gasteiger partial charge in [-0.15, -0.1) is 21.5 Å². The van der Waals surface area contributed by atoms with Crippen molar-refractivity contribution in [3.05, 3.63) is 52.1 Å². The van der Waals surface area contributed by atoms with Gasteiger partial charge in [-0.1, -0.05) is 23.4 Å². The van der Waals surface area contributed by atoms with Crippen molar-refractivity contribution < 1.29 is 14.5 Å². The molecular formula is C19H22ClN6O2S2+. The van der Waals surface area contributed by atoms with Crippen molar-refractivity contribution in [2.24, 2.45) is 5.73 Å². The van der Waals surface area contributed by atoms with Crippen LogP contribution in [-0.2, 0) is 4.79 Å². The van der Waals surface area contributed by atoms with Crippen LogP contribution >= 0.6 is 34.7 Å². The number of nitrogens with one attached hydrogen (secondary N) is 2. The number of primary amides is 1. The second kappa shape index (κ2) is 9.61. The van der Waals surface area contributed by atoms with Gasteiger partial charge in [0, 0.05) is 10.7 Å².